The van der Waals surface area contributed by atoms with E-state index >= 15 is 0 Å². The van der Waals surface area contributed by atoms with Crippen molar-refractivity contribution in [3.8, 4) is 0 Å². The minimum Gasteiger partial charge on any atom is -0.444 e. The van der Waals surface area contributed by atoms with Crippen LogP contribution in [0, 0.1) is 0 Å². The smallest absolute Gasteiger partial charge is 0.410 e. The Morgan fingerprint density at radius 3 is 2.14 bits per heavy atom. The average Bonchev–Trinajstić information content (AvgIpc) is 2.42. The third kappa shape index (κ3) is 5.85. The molecule has 7 nitrogen and oxygen atoms in total. The van der Waals surface area contributed by atoms with Gasteiger partial charge in [0.05, 0.1) is 6.54 Å². The molecule has 1 aliphatic heterocycles. The van der Waals surface area contributed by atoms with E-state index in [1.54, 1.807) is 9.80 Å². The summed E-state index contributed by atoms with van der Waals surface area (Å²) in [6.45, 7) is 10.4. The molecule has 1 heterocycles. The van der Waals surface area contributed by atoms with E-state index in [0.29, 0.717) is 26.2 Å². The zero-order valence-electron chi connectivity index (χ0n) is 12.8. The molecule has 0 aliphatic carbocycles. The molecular weight excluding hydrogens is 274 g/mol. The maximum atomic E-state index is 11.9. The molecule has 1 saturated heterocycles. The minimum atomic E-state index is -0.529. The Kier molecular flexibility index (Phi) is 5.75. The second kappa shape index (κ2) is 7.10. The van der Waals surface area contributed by atoms with Crippen LogP contribution in [0.5, 0.6) is 0 Å². The standard InChI is InChI=1S/C14H23N3O4/c1-5-11(18)15-10-12(19)16-6-8-17(9-7-16)13(20)21-14(2,3)4/h5H,1,6-10H2,2-4H3,(H,15,18). The lowest BCUT2D eigenvalue weighted by Gasteiger charge is -2.35. The summed E-state index contributed by atoms with van der Waals surface area (Å²) in [5.41, 5.74) is -0.529. The maximum Gasteiger partial charge on any atom is 0.410 e. The van der Waals surface area contributed by atoms with Crippen molar-refractivity contribution in [2.24, 2.45) is 0 Å². The summed E-state index contributed by atoms with van der Waals surface area (Å²) in [4.78, 5) is 37.9. The van der Waals surface area contributed by atoms with Crippen molar-refractivity contribution in [3.05, 3.63) is 12.7 Å². The molecule has 0 aromatic heterocycles. The molecule has 0 atom stereocenters. The van der Waals surface area contributed by atoms with Gasteiger partial charge in [-0.1, -0.05) is 6.58 Å². The summed E-state index contributed by atoms with van der Waals surface area (Å²) >= 11 is 0. The number of hydrogen-bond acceptors (Lipinski definition) is 4. The molecule has 7 heteroatoms. The number of rotatable bonds is 3. The molecule has 21 heavy (non-hydrogen) atoms. The van der Waals surface area contributed by atoms with Crippen LogP contribution < -0.4 is 5.32 Å². The van der Waals surface area contributed by atoms with E-state index in [-0.39, 0.29) is 24.5 Å². The van der Waals surface area contributed by atoms with Crippen LogP contribution in [0.3, 0.4) is 0 Å². The lowest BCUT2D eigenvalue weighted by molar-refractivity contribution is -0.133. The van der Waals surface area contributed by atoms with Gasteiger partial charge in [-0.15, -0.1) is 0 Å². The molecule has 0 saturated carbocycles. The van der Waals surface area contributed by atoms with E-state index in [2.05, 4.69) is 11.9 Å². The molecule has 0 spiro atoms. The molecule has 0 radical (unpaired) electrons. The highest BCUT2D eigenvalue weighted by Crippen LogP contribution is 2.11. The second-order valence-corrected chi connectivity index (χ2v) is 5.77. The van der Waals surface area contributed by atoms with Crippen molar-refractivity contribution in [1.29, 1.82) is 0 Å². The number of hydrogen-bond donors (Lipinski definition) is 1. The van der Waals surface area contributed by atoms with Crippen molar-refractivity contribution in [2.75, 3.05) is 32.7 Å². The van der Waals surface area contributed by atoms with Gasteiger partial charge in [0.25, 0.3) is 0 Å². The van der Waals surface area contributed by atoms with Crippen LogP contribution in [0.4, 0.5) is 4.79 Å². The van der Waals surface area contributed by atoms with Gasteiger partial charge >= 0.3 is 6.09 Å². The minimum absolute atomic E-state index is 0.0582. The van der Waals surface area contributed by atoms with Crippen LogP contribution in [-0.2, 0) is 14.3 Å². The first kappa shape index (κ1) is 17.0. The van der Waals surface area contributed by atoms with Gasteiger partial charge in [-0.3, -0.25) is 9.59 Å². The fourth-order valence-corrected chi connectivity index (χ4v) is 1.81. The molecule has 1 rings (SSSR count). The highest BCUT2D eigenvalue weighted by Gasteiger charge is 2.27. The summed E-state index contributed by atoms with van der Waals surface area (Å²) in [5, 5.41) is 2.44. The Bertz CT molecular complexity index is 420. The Morgan fingerprint density at radius 1 is 1.14 bits per heavy atom. The first-order valence-electron chi connectivity index (χ1n) is 6.89. The third-order valence-electron chi connectivity index (χ3n) is 2.88. The van der Waals surface area contributed by atoms with E-state index in [4.69, 9.17) is 4.74 Å². The highest BCUT2D eigenvalue weighted by molar-refractivity contribution is 5.90. The van der Waals surface area contributed by atoms with Crippen molar-refractivity contribution >= 4 is 17.9 Å². The van der Waals surface area contributed by atoms with E-state index in [0.717, 1.165) is 6.08 Å². The zero-order chi connectivity index (χ0) is 16.0. The Morgan fingerprint density at radius 2 is 1.67 bits per heavy atom. The lowest BCUT2D eigenvalue weighted by atomic mass is 10.2. The zero-order valence-corrected chi connectivity index (χ0v) is 12.8. The summed E-state index contributed by atoms with van der Waals surface area (Å²) in [6.07, 6.45) is 0.753. The van der Waals surface area contributed by atoms with Gasteiger partial charge in [0, 0.05) is 26.2 Å². The largest absolute Gasteiger partial charge is 0.444 e. The van der Waals surface area contributed by atoms with Gasteiger partial charge in [-0.2, -0.15) is 0 Å². The van der Waals surface area contributed by atoms with Crippen molar-refractivity contribution < 1.29 is 19.1 Å². The van der Waals surface area contributed by atoms with Crippen LogP contribution in [0.2, 0.25) is 0 Å². The van der Waals surface area contributed by atoms with Gasteiger partial charge < -0.3 is 19.9 Å². The number of nitrogens with zero attached hydrogens (tertiary/aromatic N) is 2. The third-order valence-corrected chi connectivity index (χ3v) is 2.88. The van der Waals surface area contributed by atoms with E-state index in [1.165, 1.54) is 0 Å². The van der Waals surface area contributed by atoms with E-state index in [9.17, 15) is 14.4 Å². The van der Waals surface area contributed by atoms with Crippen LogP contribution in [0.15, 0.2) is 12.7 Å². The second-order valence-electron chi connectivity index (χ2n) is 5.77. The van der Waals surface area contributed by atoms with Crippen LogP contribution in [-0.4, -0.2) is 66.0 Å². The van der Waals surface area contributed by atoms with Crippen molar-refractivity contribution in [2.45, 2.75) is 26.4 Å². The van der Waals surface area contributed by atoms with Gasteiger partial charge in [0.1, 0.15) is 5.60 Å². The van der Waals surface area contributed by atoms with E-state index in [1.807, 2.05) is 20.8 Å². The fraction of sp³-hybridized carbons (Fsp3) is 0.643. The predicted octanol–water partition coefficient (Wildman–Crippen LogP) is 0.368. The number of carbonyl (C=O) groups excluding carboxylic acids is 3. The molecular formula is C14H23N3O4. The maximum absolute atomic E-state index is 11.9. The SMILES string of the molecule is C=CC(=O)NCC(=O)N1CCN(C(=O)OC(C)(C)C)CC1. The van der Waals surface area contributed by atoms with Crippen LogP contribution in [0.25, 0.3) is 0 Å². The molecule has 0 bridgehead atoms. The predicted molar refractivity (Wildman–Crippen MR) is 77.6 cm³/mol. The average molecular weight is 297 g/mol. The number of carbonyl (C=O) groups is 3. The Labute approximate surface area is 124 Å². The monoisotopic (exact) mass is 297 g/mol. The number of amides is 3. The number of ether oxygens (including phenoxy) is 1. The van der Waals surface area contributed by atoms with Gasteiger partial charge in [-0.25, -0.2) is 4.79 Å². The molecule has 3 amide bonds. The molecule has 118 valence electrons. The molecule has 0 aromatic rings. The van der Waals surface area contributed by atoms with Crippen LogP contribution >= 0.6 is 0 Å². The first-order chi connectivity index (χ1) is 9.73. The topological polar surface area (TPSA) is 79.0 Å². The van der Waals surface area contributed by atoms with Crippen molar-refractivity contribution in [1.82, 2.24) is 15.1 Å². The molecule has 1 fully saturated rings. The van der Waals surface area contributed by atoms with Crippen LogP contribution in [0.1, 0.15) is 20.8 Å². The summed E-state index contributed by atoms with van der Waals surface area (Å²) < 4.78 is 5.28. The lowest BCUT2D eigenvalue weighted by Crippen LogP contribution is -2.53. The quantitative estimate of drug-likeness (QED) is 0.763. The van der Waals surface area contributed by atoms with Crippen molar-refractivity contribution in [3.63, 3.8) is 0 Å². The summed E-state index contributed by atoms with van der Waals surface area (Å²) in [6, 6.07) is 0. The van der Waals surface area contributed by atoms with Gasteiger partial charge in [0.15, 0.2) is 0 Å². The molecule has 0 aromatic carbocycles. The molecule has 1 N–H and O–H groups in total. The fourth-order valence-electron chi connectivity index (χ4n) is 1.81. The van der Waals surface area contributed by atoms with Gasteiger partial charge in [-0.05, 0) is 26.8 Å². The normalized spacial score (nSPS) is 15.4. The number of piperazine rings is 1. The number of nitrogens with one attached hydrogen (secondary N) is 1. The molecule has 0 unspecified atom stereocenters. The summed E-state index contributed by atoms with van der Waals surface area (Å²) in [7, 11) is 0. The first-order valence-corrected chi connectivity index (χ1v) is 6.89. The Balaban J connectivity index is 2.38. The van der Waals surface area contributed by atoms with E-state index < -0.39 is 5.60 Å². The summed E-state index contributed by atoms with van der Waals surface area (Å²) in [5.74, 6) is -0.551. The Hall–Kier alpha value is -2.05. The highest BCUT2D eigenvalue weighted by atomic mass is 16.6. The van der Waals surface area contributed by atoms with Gasteiger partial charge in [0.2, 0.25) is 11.8 Å². The molecule has 1 aliphatic rings.